The fraction of sp³-hybridized carbons (Fsp3) is 0.0182. The van der Waals surface area contributed by atoms with Crippen molar-refractivity contribution >= 4 is 34.1 Å². The second-order valence-electron chi connectivity index (χ2n) is 14.9. The van der Waals surface area contributed by atoms with Crippen molar-refractivity contribution in [3.05, 3.63) is 253 Å². The molecule has 0 radical (unpaired) electrons. The van der Waals surface area contributed by atoms with Crippen LogP contribution in [0, 0.1) is 0 Å². The minimum Gasteiger partial charge on any atom is -0.311 e. The minimum absolute atomic E-state index is 0.486. The number of benzene rings is 9. The zero-order valence-corrected chi connectivity index (χ0v) is 31.3. The van der Waals surface area contributed by atoms with Gasteiger partial charge in [-0.25, -0.2) is 0 Å². The van der Waals surface area contributed by atoms with Crippen molar-refractivity contribution in [1.82, 2.24) is 0 Å². The topological polar surface area (TPSA) is 6.48 Å². The number of para-hydroxylation sites is 4. The van der Waals surface area contributed by atoms with Gasteiger partial charge in [0.05, 0.1) is 5.41 Å². The molecular formula is C55H38N2. The van der Waals surface area contributed by atoms with Gasteiger partial charge < -0.3 is 9.80 Å². The molecule has 57 heavy (non-hydrogen) atoms. The third-order valence-electron chi connectivity index (χ3n) is 11.8. The van der Waals surface area contributed by atoms with Crippen LogP contribution in [0.25, 0.3) is 33.4 Å². The van der Waals surface area contributed by atoms with Crippen LogP contribution >= 0.6 is 0 Å². The van der Waals surface area contributed by atoms with E-state index in [2.05, 4.69) is 240 Å². The smallest absolute Gasteiger partial charge is 0.0726 e. The van der Waals surface area contributed by atoms with Crippen molar-refractivity contribution in [3.8, 4) is 33.4 Å². The summed E-state index contributed by atoms with van der Waals surface area (Å²) in [6.07, 6.45) is 0. The van der Waals surface area contributed by atoms with Crippen LogP contribution in [0.1, 0.15) is 22.3 Å². The third-order valence-corrected chi connectivity index (χ3v) is 11.8. The van der Waals surface area contributed by atoms with E-state index in [1.807, 2.05) is 0 Å². The fourth-order valence-corrected chi connectivity index (χ4v) is 9.55. The standard InChI is InChI=1S/C55H38N2/c1-5-19-40(20-6-1)56(41-21-7-2-8-22-41)44-35-33-39(34-36-44)49-37-45(57(42-23-9-3-10-24-42)43-25-11-4-12-26-43)38-53-54(49)48-29-15-18-32-52(48)55(53)50-30-16-13-27-46(50)47-28-14-17-31-51(47)55/h1-38H. The van der Waals surface area contributed by atoms with Gasteiger partial charge in [0.25, 0.3) is 0 Å². The summed E-state index contributed by atoms with van der Waals surface area (Å²) < 4.78 is 0. The van der Waals surface area contributed by atoms with Crippen molar-refractivity contribution < 1.29 is 0 Å². The van der Waals surface area contributed by atoms with Gasteiger partial charge in [0.15, 0.2) is 0 Å². The Hall–Kier alpha value is -7.42. The van der Waals surface area contributed by atoms with Gasteiger partial charge in [0.2, 0.25) is 0 Å². The molecule has 0 fully saturated rings. The molecule has 0 N–H and O–H groups in total. The molecule has 0 saturated heterocycles. The van der Waals surface area contributed by atoms with E-state index in [0.29, 0.717) is 0 Å². The summed E-state index contributed by atoms with van der Waals surface area (Å²) in [5.41, 5.74) is 19.1. The number of hydrogen-bond acceptors (Lipinski definition) is 2. The highest BCUT2D eigenvalue weighted by Gasteiger charge is 2.52. The summed E-state index contributed by atoms with van der Waals surface area (Å²) >= 11 is 0. The molecule has 0 bridgehead atoms. The van der Waals surface area contributed by atoms with Crippen LogP contribution in [0.3, 0.4) is 0 Å². The van der Waals surface area contributed by atoms with Crippen LogP contribution in [-0.4, -0.2) is 0 Å². The molecule has 0 saturated carbocycles. The summed E-state index contributed by atoms with van der Waals surface area (Å²) in [7, 11) is 0. The van der Waals surface area contributed by atoms with Gasteiger partial charge in [-0.2, -0.15) is 0 Å². The van der Waals surface area contributed by atoms with Crippen LogP contribution in [-0.2, 0) is 5.41 Å². The molecule has 0 aromatic heterocycles. The molecule has 0 aliphatic heterocycles. The van der Waals surface area contributed by atoms with E-state index >= 15 is 0 Å². The molecule has 9 aromatic rings. The maximum Gasteiger partial charge on any atom is 0.0726 e. The van der Waals surface area contributed by atoms with Crippen LogP contribution in [0.4, 0.5) is 34.1 Å². The zero-order chi connectivity index (χ0) is 37.8. The Labute approximate surface area is 334 Å². The van der Waals surface area contributed by atoms with Crippen molar-refractivity contribution in [1.29, 1.82) is 0 Å². The molecule has 2 aliphatic carbocycles. The molecule has 2 nitrogen and oxygen atoms in total. The van der Waals surface area contributed by atoms with E-state index in [1.54, 1.807) is 0 Å². The highest BCUT2D eigenvalue weighted by Crippen LogP contribution is 2.65. The lowest BCUT2D eigenvalue weighted by molar-refractivity contribution is 0.794. The summed E-state index contributed by atoms with van der Waals surface area (Å²) in [5.74, 6) is 0. The lowest BCUT2D eigenvalue weighted by Gasteiger charge is -2.33. The molecule has 11 rings (SSSR count). The fourth-order valence-electron chi connectivity index (χ4n) is 9.55. The Bertz CT molecular complexity index is 2760. The normalized spacial score (nSPS) is 12.7. The maximum absolute atomic E-state index is 2.48. The molecule has 0 heterocycles. The van der Waals surface area contributed by atoms with Crippen molar-refractivity contribution in [2.24, 2.45) is 0 Å². The Kier molecular flexibility index (Phi) is 7.75. The van der Waals surface area contributed by atoms with E-state index in [-0.39, 0.29) is 0 Å². The first-order chi connectivity index (χ1) is 28.3. The van der Waals surface area contributed by atoms with Gasteiger partial charge in [0.1, 0.15) is 0 Å². The quantitative estimate of drug-likeness (QED) is 0.161. The monoisotopic (exact) mass is 726 g/mol. The number of hydrogen-bond donors (Lipinski definition) is 0. The SMILES string of the molecule is c1ccc(N(c2ccccc2)c2ccc(-c3cc(N(c4ccccc4)c4ccccc4)cc4c3-c3ccccc3C43c4ccccc4-c4ccccc43)cc2)cc1. The van der Waals surface area contributed by atoms with Crippen molar-refractivity contribution in [2.45, 2.75) is 5.41 Å². The van der Waals surface area contributed by atoms with Gasteiger partial charge in [-0.3, -0.25) is 0 Å². The number of rotatable bonds is 7. The predicted octanol–water partition coefficient (Wildman–Crippen LogP) is 14.6. The minimum atomic E-state index is -0.486. The van der Waals surface area contributed by atoms with Crippen LogP contribution in [0.2, 0.25) is 0 Å². The number of anilines is 6. The van der Waals surface area contributed by atoms with E-state index in [0.717, 1.165) is 34.1 Å². The van der Waals surface area contributed by atoms with Crippen LogP contribution < -0.4 is 9.80 Å². The number of nitrogens with zero attached hydrogens (tertiary/aromatic N) is 2. The van der Waals surface area contributed by atoms with E-state index < -0.39 is 5.41 Å². The first-order valence-electron chi connectivity index (χ1n) is 19.7. The van der Waals surface area contributed by atoms with Gasteiger partial charge in [-0.15, -0.1) is 0 Å². The molecule has 0 atom stereocenters. The molecule has 0 unspecified atom stereocenters. The second-order valence-corrected chi connectivity index (χ2v) is 14.9. The Morgan fingerprint density at radius 2 is 0.596 bits per heavy atom. The lowest BCUT2D eigenvalue weighted by atomic mass is 9.70. The Morgan fingerprint density at radius 3 is 1.05 bits per heavy atom. The molecular weight excluding hydrogens is 689 g/mol. The molecule has 9 aromatic carbocycles. The van der Waals surface area contributed by atoms with E-state index in [4.69, 9.17) is 0 Å². The van der Waals surface area contributed by atoms with E-state index in [9.17, 15) is 0 Å². The maximum atomic E-state index is 2.48. The second kappa shape index (κ2) is 13.4. The van der Waals surface area contributed by atoms with Crippen molar-refractivity contribution in [2.75, 3.05) is 9.80 Å². The first kappa shape index (κ1) is 33.0. The average molecular weight is 727 g/mol. The van der Waals surface area contributed by atoms with E-state index in [1.165, 1.54) is 55.6 Å². The summed E-state index contributed by atoms with van der Waals surface area (Å²) in [5, 5.41) is 0. The Balaban J connectivity index is 1.20. The highest BCUT2D eigenvalue weighted by atomic mass is 15.1. The molecule has 2 aliphatic rings. The molecule has 1 spiro atoms. The summed E-state index contributed by atoms with van der Waals surface area (Å²) in [6.45, 7) is 0. The van der Waals surface area contributed by atoms with Gasteiger partial charge in [-0.1, -0.05) is 158 Å². The molecule has 0 amide bonds. The first-order valence-corrected chi connectivity index (χ1v) is 19.7. The molecule has 268 valence electrons. The van der Waals surface area contributed by atoms with Crippen LogP contribution in [0.15, 0.2) is 231 Å². The van der Waals surface area contributed by atoms with Crippen LogP contribution in [0.5, 0.6) is 0 Å². The summed E-state index contributed by atoms with van der Waals surface area (Å²) in [6, 6.07) is 84.1. The lowest BCUT2D eigenvalue weighted by Crippen LogP contribution is -2.26. The zero-order valence-electron chi connectivity index (χ0n) is 31.3. The molecule has 2 heteroatoms. The van der Waals surface area contributed by atoms with Gasteiger partial charge in [-0.05, 0) is 128 Å². The highest BCUT2D eigenvalue weighted by molar-refractivity contribution is 6.02. The average Bonchev–Trinajstić information content (AvgIpc) is 3.76. The van der Waals surface area contributed by atoms with Crippen molar-refractivity contribution in [3.63, 3.8) is 0 Å². The predicted molar refractivity (Wildman–Crippen MR) is 238 cm³/mol. The van der Waals surface area contributed by atoms with Gasteiger partial charge >= 0.3 is 0 Å². The summed E-state index contributed by atoms with van der Waals surface area (Å²) in [4.78, 5) is 4.74. The third kappa shape index (κ3) is 5.11. The largest absolute Gasteiger partial charge is 0.311 e. The number of fused-ring (bicyclic) bond motifs is 10. The Morgan fingerprint density at radius 1 is 0.246 bits per heavy atom. The van der Waals surface area contributed by atoms with Gasteiger partial charge in [0, 0.05) is 34.1 Å².